The van der Waals surface area contributed by atoms with E-state index in [-0.39, 0.29) is 11.3 Å². The molecule has 2 heterocycles. The Hall–Kier alpha value is -4.17. The first-order valence-electron chi connectivity index (χ1n) is 11.5. The van der Waals surface area contributed by atoms with Crippen LogP contribution in [-0.4, -0.2) is 35.5 Å². The molecule has 1 amide bonds. The molecule has 0 aliphatic carbocycles. The molecule has 1 N–H and O–H groups in total. The van der Waals surface area contributed by atoms with Gasteiger partial charge in [-0.2, -0.15) is 0 Å². The Morgan fingerprint density at radius 3 is 2.56 bits per heavy atom. The largest absolute Gasteiger partial charge is 0.507 e. The lowest BCUT2D eigenvalue weighted by Gasteiger charge is -2.23. The highest BCUT2D eigenvalue weighted by atomic mass is 32.1. The zero-order chi connectivity index (χ0) is 25.4. The van der Waals surface area contributed by atoms with E-state index in [0.717, 1.165) is 10.3 Å². The molecule has 8 heteroatoms. The third-order valence-corrected chi connectivity index (χ3v) is 7.06. The van der Waals surface area contributed by atoms with Gasteiger partial charge in [0.2, 0.25) is 0 Å². The number of aliphatic hydroxyl groups excluding tert-OH is 1. The number of thiazole rings is 1. The molecule has 1 fully saturated rings. The molecule has 1 aromatic heterocycles. The van der Waals surface area contributed by atoms with Crippen LogP contribution in [-0.2, 0) is 9.59 Å². The molecule has 0 bridgehead atoms. The quantitative estimate of drug-likeness (QED) is 0.209. The van der Waals surface area contributed by atoms with Gasteiger partial charge in [-0.25, -0.2) is 4.98 Å². The Labute approximate surface area is 212 Å². The number of rotatable bonds is 6. The van der Waals surface area contributed by atoms with Gasteiger partial charge in [-0.05, 0) is 49.7 Å². The predicted octanol–water partition coefficient (Wildman–Crippen LogP) is 5.64. The number of carbonyl (C=O) groups excluding carboxylic acids is 2. The second kappa shape index (κ2) is 9.47. The first kappa shape index (κ1) is 23.6. The number of fused-ring (bicyclic) bond motifs is 1. The molecule has 4 aromatic rings. The summed E-state index contributed by atoms with van der Waals surface area (Å²) in [5.74, 6) is -0.545. The van der Waals surface area contributed by atoms with Crippen molar-refractivity contribution in [2.75, 3.05) is 18.6 Å². The topological polar surface area (TPSA) is 89.0 Å². The van der Waals surface area contributed by atoms with E-state index in [1.165, 1.54) is 23.3 Å². The third kappa shape index (κ3) is 4.09. The molecule has 0 radical (unpaired) electrons. The van der Waals surface area contributed by atoms with Crippen LogP contribution >= 0.6 is 11.3 Å². The van der Waals surface area contributed by atoms with Crippen molar-refractivity contribution in [1.82, 2.24) is 4.98 Å². The van der Waals surface area contributed by atoms with Gasteiger partial charge < -0.3 is 14.6 Å². The molecule has 1 atom stereocenters. The SMILES string of the molecule is CCOc1ccc2nc(N3C(=O)C(=O)C(=C(O)c4cccc(OC)c4)C3c3ccc(C)cc3)sc2c1. The van der Waals surface area contributed by atoms with Gasteiger partial charge in [0.1, 0.15) is 17.3 Å². The number of aromatic nitrogens is 1. The monoisotopic (exact) mass is 500 g/mol. The van der Waals surface area contributed by atoms with Gasteiger partial charge in [-0.3, -0.25) is 14.5 Å². The predicted molar refractivity (Wildman–Crippen MR) is 140 cm³/mol. The zero-order valence-corrected chi connectivity index (χ0v) is 20.8. The minimum absolute atomic E-state index is 0.00590. The molecule has 1 aliphatic rings. The highest BCUT2D eigenvalue weighted by Crippen LogP contribution is 2.44. The van der Waals surface area contributed by atoms with Gasteiger partial charge in [0.25, 0.3) is 5.78 Å². The van der Waals surface area contributed by atoms with Crippen LogP contribution in [0.4, 0.5) is 5.13 Å². The summed E-state index contributed by atoms with van der Waals surface area (Å²) in [6, 6.07) is 19.0. The minimum atomic E-state index is -0.844. The summed E-state index contributed by atoms with van der Waals surface area (Å²) in [7, 11) is 1.52. The number of aliphatic hydroxyl groups is 1. The van der Waals surface area contributed by atoms with Crippen molar-refractivity contribution >= 4 is 44.1 Å². The van der Waals surface area contributed by atoms with Gasteiger partial charge in [0, 0.05) is 5.56 Å². The highest BCUT2D eigenvalue weighted by molar-refractivity contribution is 7.22. The lowest BCUT2D eigenvalue weighted by molar-refractivity contribution is -0.132. The van der Waals surface area contributed by atoms with E-state index >= 15 is 0 Å². The molecule has 7 nitrogen and oxygen atoms in total. The van der Waals surface area contributed by atoms with Gasteiger partial charge >= 0.3 is 5.91 Å². The summed E-state index contributed by atoms with van der Waals surface area (Å²) in [5, 5.41) is 11.7. The van der Waals surface area contributed by atoms with Crippen molar-refractivity contribution in [3.8, 4) is 11.5 Å². The van der Waals surface area contributed by atoms with Gasteiger partial charge in [-0.15, -0.1) is 0 Å². The molecule has 36 heavy (non-hydrogen) atoms. The number of hydrogen-bond donors (Lipinski definition) is 1. The number of aryl methyl sites for hydroxylation is 1. The molecule has 3 aromatic carbocycles. The first-order valence-corrected chi connectivity index (χ1v) is 12.3. The molecular formula is C28H24N2O5S. The number of hydrogen-bond acceptors (Lipinski definition) is 7. The molecule has 0 spiro atoms. The maximum Gasteiger partial charge on any atom is 0.301 e. The van der Waals surface area contributed by atoms with E-state index in [9.17, 15) is 14.7 Å². The Morgan fingerprint density at radius 2 is 1.83 bits per heavy atom. The Bertz CT molecular complexity index is 1510. The standard InChI is InChI=1S/C28H24N2O5S/c1-4-35-20-12-13-21-22(15-20)36-28(29-21)30-24(17-10-8-16(2)9-11-17)23(26(32)27(30)33)25(31)18-6-5-7-19(14-18)34-3/h5-15,24,31H,4H2,1-3H3. The number of amides is 1. The average Bonchev–Trinajstić information content (AvgIpc) is 3.42. The van der Waals surface area contributed by atoms with Crippen molar-refractivity contribution in [1.29, 1.82) is 0 Å². The lowest BCUT2D eigenvalue weighted by atomic mass is 9.95. The van der Waals surface area contributed by atoms with Crippen molar-refractivity contribution in [3.05, 3.63) is 89.0 Å². The van der Waals surface area contributed by atoms with E-state index in [4.69, 9.17) is 9.47 Å². The van der Waals surface area contributed by atoms with E-state index in [1.54, 1.807) is 24.3 Å². The number of nitrogens with zero attached hydrogens (tertiary/aromatic N) is 2. The first-order chi connectivity index (χ1) is 17.4. The van der Waals surface area contributed by atoms with E-state index < -0.39 is 17.7 Å². The normalized spacial score (nSPS) is 17.1. The van der Waals surface area contributed by atoms with Crippen molar-refractivity contribution in [3.63, 3.8) is 0 Å². The van der Waals surface area contributed by atoms with Crippen LogP contribution in [0.3, 0.4) is 0 Å². The Morgan fingerprint density at radius 1 is 1.06 bits per heavy atom. The fourth-order valence-electron chi connectivity index (χ4n) is 4.27. The number of ketones is 1. The summed E-state index contributed by atoms with van der Waals surface area (Å²) in [5.41, 5.74) is 2.81. The van der Waals surface area contributed by atoms with Gasteiger partial charge in [0.05, 0.1) is 35.5 Å². The maximum atomic E-state index is 13.4. The number of ether oxygens (including phenoxy) is 2. The van der Waals surface area contributed by atoms with E-state index in [2.05, 4.69) is 4.98 Å². The van der Waals surface area contributed by atoms with Gasteiger partial charge in [0.15, 0.2) is 5.13 Å². The number of carbonyl (C=O) groups is 2. The van der Waals surface area contributed by atoms with Crippen molar-refractivity contribution in [2.24, 2.45) is 0 Å². The van der Waals surface area contributed by atoms with E-state index in [1.807, 2.05) is 56.3 Å². The third-order valence-electron chi connectivity index (χ3n) is 6.05. The molecule has 1 unspecified atom stereocenters. The second-order valence-corrected chi connectivity index (χ2v) is 9.38. The van der Waals surface area contributed by atoms with Crippen LogP contribution in [0.15, 0.2) is 72.3 Å². The van der Waals surface area contributed by atoms with Crippen LogP contribution in [0.25, 0.3) is 16.0 Å². The molecule has 1 saturated heterocycles. The molecule has 182 valence electrons. The van der Waals surface area contributed by atoms with Gasteiger partial charge in [-0.1, -0.05) is 53.3 Å². The minimum Gasteiger partial charge on any atom is -0.507 e. The summed E-state index contributed by atoms with van der Waals surface area (Å²) >= 11 is 1.30. The fraction of sp³-hybridized carbons (Fsp3) is 0.179. The average molecular weight is 501 g/mol. The second-order valence-electron chi connectivity index (χ2n) is 8.37. The molecule has 1 aliphatic heterocycles. The maximum absolute atomic E-state index is 13.4. The summed E-state index contributed by atoms with van der Waals surface area (Å²) in [4.78, 5) is 32.8. The molecular weight excluding hydrogens is 476 g/mol. The summed E-state index contributed by atoms with van der Waals surface area (Å²) in [6.45, 7) is 4.40. The number of methoxy groups -OCH3 is 1. The number of anilines is 1. The lowest BCUT2D eigenvalue weighted by Crippen LogP contribution is -2.29. The van der Waals surface area contributed by atoms with Crippen molar-refractivity contribution in [2.45, 2.75) is 19.9 Å². The molecule has 5 rings (SSSR count). The summed E-state index contributed by atoms with van der Waals surface area (Å²) in [6.07, 6.45) is 0. The number of benzene rings is 3. The van der Waals surface area contributed by atoms with Crippen LogP contribution in [0.1, 0.15) is 29.7 Å². The van der Waals surface area contributed by atoms with Crippen LogP contribution in [0, 0.1) is 6.92 Å². The Kier molecular flexibility index (Phi) is 6.20. The highest BCUT2D eigenvalue weighted by Gasteiger charge is 2.48. The zero-order valence-electron chi connectivity index (χ0n) is 20.0. The van der Waals surface area contributed by atoms with Crippen molar-refractivity contribution < 1.29 is 24.2 Å². The Balaban J connectivity index is 1.69. The smallest absolute Gasteiger partial charge is 0.301 e. The molecule has 0 saturated carbocycles. The van der Waals surface area contributed by atoms with Crippen LogP contribution in [0.2, 0.25) is 0 Å². The van der Waals surface area contributed by atoms with E-state index in [0.29, 0.717) is 39.9 Å². The summed E-state index contributed by atoms with van der Waals surface area (Å²) < 4.78 is 11.7. The fourth-order valence-corrected chi connectivity index (χ4v) is 5.29. The van der Waals surface area contributed by atoms with Crippen LogP contribution in [0.5, 0.6) is 11.5 Å². The number of Topliss-reactive ketones (excluding diaryl/α,β-unsaturated/α-hetero) is 1. The van der Waals surface area contributed by atoms with Crippen LogP contribution < -0.4 is 14.4 Å².